The standard InChI is InChI=1S/C13H16O3/c1-3-15-9(2)13-7-11-6-10(8-14)4-5-12(11)16-13/h4-6,8-9,13H,3,7H2,1-2H3. The molecule has 3 nitrogen and oxygen atoms in total. The number of carbonyl (C=O) groups excluding carboxylic acids is 1. The van der Waals surface area contributed by atoms with Crippen LogP contribution in [0.25, 0.3) is 0 Å². The highest BCUT2D eigenvalue weighted by molar-refractivity contribution is 5.75. The van der Waals surface area contributed by atoms with Crippen LogP contribution in [0, 0.1) is 0 Å². The van der Waals surface area contributed by atoms with E-state index in [1.54, 1.807) is 6.07 Å². The first-order valence-electron chi connectivity index (χ1n) is 5.61. The highest BCUT2D eigenvalue weighted by Gasteiger charge is 2.28. The lowest BCUT2D eigenvalue weighted by molar-refractivity contribution is 0.0000556. The Hall–Kier alpha value is -1.35. The van der Waals surface area contributed by atoms with E-state index in [1.165, 1.54) is 0 Å². The van der Waals surface area contributed by atoms with Crippen molar-refractivity contribution in [2.45, 2.75) is 32.5 Å². The Labute approximate surface area is 95.4 Å². The van der Waals surface area contributed by atoms with E-state index in [0.29, 0.717) is 12.2 Å². The van der Waals surface area contributed by atoms with Crippen molar-refractivity contribution in [1.82, 2.24) is 0 Å². The SMILES string of the molecule is CCOC(C)C1Cc2cc(C=O)ccc2O1. The molecule has 2 rings (SSSR count). The topological polar surface area (TPSA) is 35.5 Å². The van der Waals surface area contributed by atoms with E-state index in [9.17, 15) is 4.79 Å². The Balaban J connectivity index is 2.11. The first-order valence-corrected chi connectivity index (χ1v) is 5.61. The number of hydrogen-bond acceptors (Lipinski definition) is 3. The van der Waals surface area contributed by atoms with E-state index in [-0.39, 0.29) is 12.2 Å². The third-order valence-corrected chi connectivity index (χ3v) is 2.87. The molecule has 0 aliphatic carbocycles. The number of hydrogen-bond donors (Lipinski definition) is 0. The number of ether oxygens (including phenoxy) is 2. The fourth-order valence-corrected chi connectivity index (χ4v) is 2.00. The average Bonchev–Trinajstić information content (AvgIpc) is 2.71. The molecule has 0 fully saturated rings. The molecule has 86 valence electrons. The predicted octanol–water partition coefficient (Wildman–Crippen LogP) is 2.23. The molecule has 2 atom stereocenters. The summed E-state index contributed by atoms with van der Waals surface area (Å²) in [4.78, 5) is 10.7. The van der Waals surface area contributed by atoms with Gasteiger partial charge in [-0.2, -0.15) is 0 Å². The van der Waals surface area contributed by atoms with Gasteiger partial charge in [0, 0.05) is 18.6 Å². The Bertz CT molecular complexity index is 387. The summed E-state index contributed by atoms with van der Waals surface area (Å²) in [6.45, 7) is 4.68. The van der Waals surface area contributed by atoms with Gasteiger partial charge in [-0.3, -0.25) is 4.79 Å². The third kappa shape index (κ3) is 2.09. The minimum absolute atomic E-state index is 0.0665. The highest BCUT2D eigenvalue weighted by Crippen LogP contribution is 2.31. The number of rotatable bonds is 4. The number of aldehydes is 1. The second kappa shape index (κ2) is 4.66. The Morgan fingerprint density at radius 2 is 2.44 bits per heavy atom. The zero-order valence-corrected chi connectivity index (χ0v) is 9.60. The quantitative estimate of drug-likeness (QED) is 0.730. The fourth-order valence-electron chi connectivity index (χ4n) is 2.00. The van der Waals surface area contributed by atoms with Crippen LogP contribution in [0.4, 0.5) is 0 Å². The van der Waals surface area contributed by atoms with Crippen LogP contribution >= 0.6 is 0 Å². The summed E-state index contributed by atoms with van der Waals surface area (Å²) in [5, 5.41) is 0. The molecule has 0 bridgehead atoms. The monoisotopic (exact) mass is 220 g/mol. The zero-order valence-electron chi connectivity index (χ0n) is 9.60. The van der Waals surface area contributed by atoms with Crippen molar-refractivity contribution in [2.75, 3.05) is 6.61 Å². The van der Waals surface area contributed by atoms with Crippen LogP contribution in [-0.4, -0.2) is 25.1 Å². The van der Waals surface area contributed by atoms with E-state index >= 15 is 0 Å². The van der Waals surface area contributed by atoms with Gasteiger partial charge in [0.1, 0.15) is 18.1 Å². The Kier molecular flexibility index (Phi) is 3.25. The van der Waals surface area contributed by atoms with Gasteiger partial charge in [-0.15, -0.1) is 0 Å². The minimum Gasteiger partial charge on any atom is -0.487 e. The lowest BCUT2D eigenvalue weighted by atomic mass is 10.1. The Morgan fingerprint density at radius 1 is 1.62 bits per heavy atom. The average molecular weight is 220 g/mol. The van der Waals surface area contributed by atoms with E-state index in [0.717, 1.165) is 24.0 Å². The van der Waals surface area contributed by atoms with Gasteiger partial charge in [0.25, 0.3) is 0 Å². The minimum atomic E-state index is 0.0665. The van der Waals surface area contributed by atoms with E-state index in [1.807, 2.05) is 26.0 Å². The molecule has 1 aliphatic heterocycles. The molecular formula is C13H16O3. The van der Waals surface area contributed by atoms with Crippen molar-refractivity contribution >= 4 is 6.29 Å². The number of carbonyl (C=O) groups is 1. The van der Waals surface area contributed by atoms with Gasteiger partial charge in [-0.1, -0.05) is 0 Å². The summed E-state index contributed by atoms with van der Waals surface area (Å²) in [6.07, 6.45) is 1.83. The van der Waals surface area contributed by atoms with Crippen molar-refractivity contribution in [3.63, 3.8) is 0 Å². The summed E-state index contributed by atoms with van der Waals surface area (Å²) in [5.74, 6) is 0.877. The zero-order chi connectivity index (χ0) is 11.5. The lowest BCUT2D eigenvalue weighted by Crippen LogP contribution is -2.30. The smallest absolute Gasteiger partial charge is 0.150 e. The van der Waals surface area contributed by atoms with Gasteiger partial charge < -0.3 is 9.47 Å². The molecule has 2 unspecified atom stereocenters. The molecule has 0 N–H and O–H groups in total. The van der Waals surface area contributed by atoms with Crippen LogP contribution in [0.5, 0.6) is 5.75 Å². The normalized spacial score (nSPS) is 20.0. The summed E-state index contributed by atoms with van der Waals surface area (Å²) in [7, 11) is 0. The van der Waals surface area contributed by atoms with Crippen molar-refractivity contribution in [3.05, 3.63) is 29.3 Å². The van der Waals surface area contributed by atoms with Crippen molar-refractivity contribution in [3.8, 4) is 5.75 Å². The molecule has 0 aromatic heterocycles. The molecule has 0 saturated heterocycles. The van der Waals surface area contributed by atoms with Gasteiger partial charge in [-0.25, -0.2) is 0 Å². The van der Waals surface area contributed by atoms with Gasteiger partial charge >= 0.3 is 0 Å². The first-order chi connectivity index (χ1) is 7.74. The Morgan fingerprint density at radius 3 is 3.12 bits per heavy atom. The molecular weight excluding hydrogens is 204 g/mol. The molecule has 3 heteroatoms. The molecule has 0 saturated carbocycles. The van der Waals surface area contributed by atoms with Crippen molar-refractivity contribution in [1.29, 1.82) is 0 Å². The number of fused-ring (bicyclic) bond motifs is 1. The largest absolute Gasteiger partial charge is 0.487 e. The van der Waals surface area contributed by atoms with Crippen LogP contribution in [0.2, 0.25) is 0 Å². The predicted molar refractivity (Wildman–Crippen MR) is 61.0 cm³/mol. The van der Waals surface area contributed by atoms with E-state index in [4.69, 9.17) is 9.47 Å². The fraction of sp³-hybridized carbons (Fsp3) is 0.462. The molecule has 1 aromatic carbocycles. The molecule has 0 radical (unpaired) electrons. The molecule has 1 aliphatic rings. The lowest BCUT2D eigenvalue weighted by Gasteiger charge is -2.18. The molecule has 0 amide bonds. The van der Waals surface area contributed by atoms with Crippen LogP contribution in [0.15, 0.2) is 18.2 Å². The van der Waals surface area contributed by atoms with Gasteiger partial charge in [0.2, 0.25) is 0 Å². The number of benzene rings is 1. The third-order valence-electron chi connectivity index (χ3n) is 2.87. The van der Waals surface area contributed by atoms with Crippen molar-refractivity contribution < 1.29 is 14.3 Å². The van der Waals surface area contributed by atoms with Crippen molar-refractivity contribution in [2.24, 2.45) is 0 Å². The summed E-state index contributed by atoms with van der Waals surface area (Å²) in [6, 6.07) is 5.53. The highest BCUT2D eigenvalue weighted by atomic mass is 16.5. The molecule has 0 spiro atoms. The van der Waals surface area contributed by atoms with Gasteiger partial charge in [0.05, 0.1) is 6.10 Å². The maximum Gasteiger partial charge on any atom is 0.150 e. The summed E-state index contributed by atoms with van der Waals surface area (Å²) < 4.78 is 11.3. The van der Waals surface area contributed by atoms with Crippen LogP contribution in [-0.2, 0) is 11.2 Å². The maximum atomic E-state index is 10.7. The van der Waals surface area contributed by atoms with E-state index in [2.05, 4.69) is 0 Å². The summed E-state index contributed by atoms with van der Waals surface area (Å²) in [5.41, 5.74) is 1.80. The molecule has 16 heavy (non-hydrogen) atoms. The summed E-state index contributed by atoms with van der Waals surface area (Å²) >= 11 is 0. The van der Waals surface area contributed by atoms with Gasteiger partial charge in [-0.05, 0) is 37.6 Å². The van der Waals surface area contributed by atoms with E-state index < -0.39 is 0 Å². The molecule has 1 heterocycles. The van der Waals surface area contributed by atoms with Crippen LogP contribution in [0.3, 0.4) is 0 Å². The first kappa shape index (κ1) is 11.1. The molecule has 1 aromatic rings. The second-order valence-electron chi connectivity index (χ2n) is 4.01. The maximum absolute atomic E-state index is 10.7. The van der Waals surface area contributed by atoms with Crippen LogP contribution < -0.4 is 4.74 Å². The van der Waals surface area contributed by atoms with Crippen LogP contribution in [0.1, 0.15) is 29.8 Å². The second-order valence-corrected chi connectivity index (χ2v) is 4.01. The van der Waals surface area contributed by atoms with Gasteiger partial charge in [0.15, 0.2) is 0 Å².